The molecule has 0 spiro atoms. The summed E-state index contributed by atoms with van der Waals surface area (Å²) < 4.78 is 5.26. The maximum Gasteiger partial charge on any atom is 0.215 e. The van der Waals surface area contributed by atoms with Crippen LogP contribution in [-0.4, -0.2) is 16.6 Å². The quantitative estimate of drug-likeness (QED) is 0.779. The molecule has 0 aliphatic rings. The van der Waals surface area contributed by atoms with E-state index in [1.165, 1.54) is 0 Å². The zero-order valence-corrected chi connectivity index (χ0v) is 7.90. The molecule has 0 aromatic carbocycles. The number of nitrogens with two attached hydrogens (primary N) is 1. The van der Waals surface area contributed by atoms with Gasteiger partial charge in [-0.15, -0.1) is 0 Å². The lowest BCUT2D eigenvalue weighted by molar-refractivity contribution is 0.328. The third-order valence-electron chi connectivity index (χ3n) is 1.84. The number of ether oxygens (including phenoxy) is 1. The molecule has 2 heterocycles. The molecule has 2 aromatic heterocycles. The summed E-state index contributed by atoms with van der Waals surface area (Å²) in [5.74, 6) is 1.05. The summed E-state index contributed by atoms with van der Waals surface area (Å²) in [7, 11) is 0. The highest BCUT2D eigenvalue weighted by Crippen LogP contribution is 2.15. The minimum Gasteiger partial charge on any atom is -0.478 e. The van der Waals surface area contributed by atoms with E-state index in [4.69, 9.17) is 10.5 Å². The predicted octanol–water partition coefficient (Wildman–Crippen LogP) is 1.61. The molecular weight excluding hydrogens is 178 g/mol. The Balaban J connectivity index is 2.52. The highest BCUT2D eigenvalue weighted by molar-refractivity contribution is 5.76. The topological polar surface area (TPSA) is 61.0 Å². The molecule has 14 heavy (non-hydrogen) atoms. The first-order chi connectivity index (χ1) is 6.79. The van der Waals surface area contributed by atoms with E-state index < -0.39 is 0 Å². The number of nitrogen functional groups attached to an aromatic ring is 1. The Morgan fingerprint density at radius 1 is 1.21 bits per heavy atom. The molecule has 0 unspecified atom stereocenters. The van der Waals surface area contributed by atoms with Crippen molar-refractivity contribution in [3.63, 3.8) is 0 Å². The molecule has 0 amide bonds. The number of aromatic nitrogens is 2. The Labute approximate surface area is 81.7 Å². The lowest BCUT2D eigenvalue weighted by Crippen LogP contribution is -1.96. The van der Waals surface area contributed by atoms with E-state index in [2.05, 4.69) is 9.97 Å². The highest BCUT2D eigenvalue weighted by Gasteiger charge is 1.99. The van der Waals surface area contributed by atoms with Gasteiger partial charge in [-0.1, -0.05) is 0 Å². The lowest BCUT2D eigenvalue weighted by atomic mass is 10.3. The summed E-state index contributed by atoms with van der Waals surface area (Å²) in [4.78, 5) is 8.32. The van der Waals surface area contributed by atoms with E-state index in [-0.39, 0.29) is 0 Å². The second-order valence-corrected chi connectivity index (χ2v) is 2.87. The first-order valence-electron chi connectivity index (χ1n) is 4.45. The summed E-state index contributed by atoms with van der Waals surface area (Å²) in [5.41, 5.74) is 6.18. The average Bonchev–Trinajstić information content (AvgIpc) is 2.17. The second kappa shape index (κ2) is 3.49. The highest BCUT2D eigenvalue weighted by atomic mass is 16.5. The third kappa shape index (κ3) is 1.59. The number of nitrogens with zero attached hydrogens (tertiary/aromatic N) is 2. The van der Waals surface area contributed by atoms with Gasteiger partial charge < -0.3 is 10.5 Å². The number of hydrogen-bond donors (Lipinski definition) is 1. The van der Waals surface area contributed by atoms with Crippen LogP contribution in [0, 0.1) is 0 Å². The standard InChI is InChI=1S/C10H11N3O/c1-2-14-9-6-4-7-3-5-8(11)12-10(7)13-9/h3-6H,2H2,1H3,(H2,11,12,13). The van der Waals surface area contributed by atoms with E-state index in [1.54, 1.807) is 6.07 Å². The van der Waals surface area contributed by atoms with E-state index in [0.29, 0.717) is 24.0 Å². The van der Waals surface area contributed by atoms with Crippen LogP contribution in [-0.2, 0) is 0 Å². The monoisotopic (exact) mass is 189 g/mol. The van der Waals surface area contributed by atoms with Crippen molar-refractivity contribution >= 4 is 16.9 Å². The first kappa shape index (κ1) is 8.74. The van der Waals surface area contributed by atoms with Crippen LogP contribution in [0.15, 0.2) is 24.3 Å². The molecule has 0 aliphatic heterocycles. The summed E-state index contributed by atoms with van der Waals surface area (Å²) >= 11 is 0. The van der Waals surface area contributed by atoms with Crippen molar-refractivity contribution in [3.8, 4) is 5.88 Å². The molecule has 4 heteroatoms. The molecule has 0 radical (unpaired) electrons. The zero-order chi connectivity index (χ0) is 9.97. The van der Waals surface area contributed by atoms with Crippen molar-refractivity contribution in [2.45, 2.75) is 6.92 Å². The van der Waals surface area contributed by atoms with Crippen molar-refractivity contribution in [1.82, 2.24) is 9.97 Å². The summed E-state index contributed by atoms with van der Waals surface area (Å²) in [6, 6.07) is 7.38. The van der Waals surface area contributed by atoms with Crippen LogP contribution >= 0.6 is 0 Å². The molecule has 2 aromatic rings. The molecule has 0 atom stereocenters. The number of anilines is 1. The number of rotatable bonds is 2. The first-order valence-corrected chi connectivity index (χ1v) is 4.45. The van der Waals surface area contributed by atoms with Gasteiger partial charge in [-0.2, -0.15) is 4.98 Å². The van der Waals surface area contributed by atoms with E-state index in [0.717, 1.165) is 5.39 Å². The summed E-state index contributed by atoms with van der Waals surface area (Å²) in [6.45, 7) is 2.51. The normalized spacial score (nSPS) is 10.4. The number of pyridine rings is 2. The molecule has 0 aliphatic carbocycles. The largest absolute Gasteiger partial charge is 0.478 e. The van der Waals surface area contributed by atoms with Gasteiger partial charge in [0.1, 0.15) is 5.82 Å². The van der Waals surface area contributed by atoms with Crippen molar-refractivity contribution in [1.29, 1.82) is 0 Å². The molecule has 2 rings (SSSR count). The zero-order valence-electron chi connectivity index (χ0n) is 7.90. The van der Waals surface area contributed by atoms with Crippen LogP contribution in [0.5, 0.6) is 5.88 Å². The van der Waals surface area contributed by atoms with Gasteiger partial charge in [0.15, 0.2) is 5.65 Å². The Kier molecular flexibility index (Phi) is 2.18. The summed E-state index contributed by atoms with van der Waals surface area (Å²) in [5, 5.41) is 0.961. The van der Waals surface area contributed by atoms with Gasteiger partial charge in [-0.25, -0.2) is 4.98 Å². The maximum atomic E-state index is 5.56. The maximum absolute atomic E-state index is 5.56. The Morgan fingerprint density at radius 3 is 2.79 bits per heavy atom. The van der Waals surface area contributed by atoms with Crippen LogP contribution in [0.1, 0.15) is 6.92 Å². The van der Waals surface area contributed by atoms with Gasteiger partial charge in [0.2, 0.25) is 5.88 Å². The van der Waals surface area contributed by atoms with Gasteiger partial charge in [0.05, 0.1) is 6.61 Å². The Hall–Kier alpha value is -1.84. The molecule has 0 fully saturated rings. The molecule has 0 saturated heterocycles. The van der Waals surface area contributed by atoms with E-state index >= 15 is 0 Å². The van der Waals surface area contributed by atoms with Crippen molar-refractivity contribution in [2.24, 2.45) is 0 Å². The van der Waals surface area contributed by atoms with Crippen LogP contribution < -0.4 is 10.5 Å². The Morgan fingerprint density at radius 2 is 2.00 bits per heavy atom. The van der Waals surface area contributed by atoms with Crippen LogP contribution in [0.4, 0.5) is 5.82 Å². The number of fused-ring (bicyclic) bond motifs is 1. The fraction of sp³-hybridized carbons (Fsp3) is 0.200. The number of hydrogen-bond acceptors (Lipinski definition) is 4. The van der Waals surface area contributed by atoms with Crippen LogP contribution in [0.25, 0.3) is 11.0 Å². The summed E-state index contributed by atoms with van der Waals surface area (Å²) in [6.07, 6.45) is 0. The molecule has 4 nitrogen and oxygen atoms in total. The van der Waals surface area contributed by atoms with Gasteiger partial charge in [-0.3, -0.25) is 0 Å². The van der Waals surface area contributed by atoms with Crippen molar-refractivity contribution < 1.29 is 4.74 Å². The fourth-order valence-corrected chi connectivity index (χ4v) is 1.22. The average molecular weight is 189 g/mol. The fourth-order valence-electron chi connectivity index (χ4n) is 1.22. The molecule has 0 saturated carbocycles. The third-order valence-corrected chi connectivity index (χ3v) is 1.84. The van der Waals surface area contributed by atoms with Crippen LogP contribution in [0.2, 0.25) is 0 Å². The van der Waals surface area contributed by atoms with Gasteiger partial charge >= 0.3 is 0 Å². The van der Waals surface area contributed by atoms with E-state index in [9.17, 15) is 0 Å². The van der Waals surface area contributed by atoms with Crippen molar-refractivity contribution in [3.05, 3.63) is 24.3 Å². The molecule has 0 bridgehead atoms. The predicted molar refractivity (Wildman–Crippen MR) is 55.1 cm³/mol. The molecule has 72 valence electrons. The smallest absolute Gasteiger partial charge is 0.215 e. The van der Waals surface area contributed by atoms with Gasteiger partial charge in [0.25, 0.3) is 0 Å². The minimum atomic E-state index is 0.471. The Bertz CT molecular complexity index is 456. The SMILES string of the molecule is CCOc1ccc2ccc(N)nc2n1. The second-order valence-electron chi connectivity index (χ2n) is 2.87. The van der Waals surface area contributed by atoms with Crippen LogP contribution in [0.3, 0.4) is 0 Å². The van der Waals surface area contributed by atoms with Crippen molar-refractivity contribution in [2.75, 3.05) is 12.3 Å². The molecule has 2 N–H and O–H groups in total. The lowest BCUT2D eigenvalue weighted by Gasteiger charge is -2.02. The van der Waals surface area contributed by atoms with Gasteiger partial charge in [0, 0.05) is 11.5 Å². The molecular formula is C10H11N3O. The van der Waals surface area contributed by atoms with E-state index in [1.807, 2.05) is 25.1 Å². The van der Waals surface area contributed by atoms with Gasteiger partial charge in [-0.05, 0) is 25.1 Å². The minimum absolute atomic E-state index is 0.471.